The van der Waals surface area contributed by atoms with Crippen LogP contribution < -0.4 is 5.32 Å². The van der Waals surface area contributed by atoms with Gasteiger partial charge in [-0.1, -0.05) is 20.8 Å². The molecular weight excluding hydrogens is 141 g/mol. The van der Waals surface area contributed by atoms with Gasteiger partial charge in [-0.2, -0.15) is 0 Å². The lowest BCUT2D eigenvalue weighted by molar-refractivity contribution is 0.572. The van der Waals surface area contributed by atoms with Crippen molar-refractivity contribution in [2.24, 2.45) is 5.92 Å². The predicted octanol–water partition coefficient (Wildman–Crippen LogP) is 2.50. The average Bonchev–Trinajstić information content (AvgIpc) is 1.87. The van der Waals surface area contributed by atoms with Crippen molar-refractivity contribution < 1.29 is 4.39 Å². The highest BCUT2D eigenvalue weighted by Crippen LogP contribution is 2.14. The average molecular weight is 159 g/mol. The number of nitrogens with one attached hydrogen (secondary N) is 1. The van der Waals surface area contributed by atoms with Gasteiger partial charge >= 0.3 is 0 Å². The molecule has 0 aliphatic heterocycles. The molecule has 11 heavy (non-hydrogen) atoms. The standard InChI is InChI=1S/C9H18FN/c1-5-11-6-9(7(2)3)8(4)10/h7,11H,5-6H2,1-4H3/b9-8+. The summed E-state index contributed by atoms with van der Waals surface area (Å²) in [5.41, 5.74) is 0.881. The van der Waals surface area contributed by atoms with Gasteiger partial charge in [-0.05, 0) is 25.0 Å². The molecule has 0 bridgehead atoms. The minimum atomic E-state index is -0.0408. The van der Waals surface area contributed by atoms with Crippen molar-refractivity contribution in [2.75, 3.05) is 13.1 Å². The van der Waals surface area contributed by atoms with Crippen LogP contribution in [-0.2, 0) is 0 Å². The molecule has 0 amide bonds. The quantitative estimate of drug-likeness (QED) is 0.664. The van der Waals surface area contributed by atoms with Crippen LogP contribution in [0.3, 0.4) is 0 Å². The van der Waals surface area contributed by atoms with E-state index in [2.05, 4.69) is 5.32 Å². The largest absolute Gasteiger partial charge is 0.313 e. The van der Waals surface area contributed by atoms with Gasteiger partial charge in [0.2, 0.25) is 0 Å². The first-order valence-electron chi connectivity index (χ1n) is 4.15. The molecule has 2 heteroatoms. The van der Waals surface area contributed by atoms with Gasteiger partial charge in [0.25, 0.3) is 0 Å². The summed E-state index contributed by atoms with van der Waals surface area (Å²) in [5.74, 6) is 0.264. The molecule has 0 unspecified atom stereocenters. The molecule has 0 saturated carbocycles. The maximum absolute atomic E-state index is 12.8. The monoisotopic (exact) mass is 159 g/mol. The molecule has 66 valence electrons. The molecule has 1 N–H and O–H groups in total. The van der Waals surface area contributed by atoms with Crippen molar-refractivity contribution in [2.45, 2.75) is 27.7 Å². The third-order valence-corrected chi connectivity index (χ3v) is 1.70. The van der Waals surface area contributed by atoms with Gasteiger partial charge in [0.05, 0.1) is 5.83 Å². The third-order valence-electron chi connectivity index (χ3n) is 1.70. The Balaban J connectivity index is 4.03. The van der Waals surface area contributed by atoms with Crippen LogP contribution in [0.5, 0.6) is 0 Å². The van der Waals surface area contributed by atoms with Gasteiger partial charge in [0.1, 0.15) is 0 Å². The van der Waals surface area contributed by atoms with Gasteiger partial charge in [-0.25, -0.2) is 4.39 Å². The maximum Gasteiger partial charge on any atom is 0.0976 e. The molecule has 0 aliphatic rings. The Hall–Kier alpha value is -0.370. The number of rotatable bonds is 4. The summed E-state index contributed by atoms with van der Waals surface area (Å²) in [6, 6.07) is 0. The second-order valence-corrected chi connectivity index (χ2v) is 2.99. The zero-order chi connectivity index (χ0) is 8.85. The van der Waals surface area contributed by atoms with Gasteiger partial charge in [-0.15, -0.1) is 0 Å². The second-order valence-electron chi connectivity index (χ2n) is 2.99. The molecule has 0 heterocycles. The first-order chi connectivity index (χ1) is 5.09. The van der Waals surface area contributed by atoms with Crippen LogP contribution in [-0.4, -0.2) is 13.1 Å². The predicted molar refractivity (Wildman–Crippen MR) is 47.2 cm³/mol. The summed E-state index contributed by atoms with van der Waals surface area (Å²) in [4.78, 5) is 0. The van der Waals surface area contributed by atoms with Crippen LogP contribution in [0, 0.1) is 5.92 Å². The number of likely N-dealkylation sites (N-methyl/N-ethyl adjacent to an activating group) is 1. The van der Waals surface area contributed by atoms with E-state index in [-0.39, 0.29) is 5.83 Å². The fourth-order valence-electron chi connectivity index (χ4n) is 0.983. The van der Waals surface area contributed by atoms with E-state index in [0.717, 1.165) is 12.1 Å². The minimum Gasteiger partial charge on any atom is -0.313 e. The summed E-state index contributed by atoms with van der Waals surface area (Å²) >= 11 is 0. The van der Waals surface area contributed by atoms with E-state index >= 15 is 0 Å². The van der Waals surface area contributed by atoms with Crippen molar-refractivity contribution >= 4 is 0 Å². The Bertz CT molecular complexity index is 134. The number of hydrogen-bond acceptors (Lipinski definition) is 1. The zero-order valence-electron chi connectivity index (χ0n) is 7.87. The van der Waals surface area contributed by atoms with Crippen LogP contribution >= 0.6 is 0 Å². The highest BCUT2D eigenvalue weighted by atomic mass is 19.1. The lowest BCUT2D eigenvalue weighted by Crippen LogP contribution is -2.19. The third kappa shape index (κ3) is 4.14. The second kappa shape index (κ2) is 5.30. The molecule has 0 fully saturated rings. The Morgan fingerprint density at radius 3 is 2.27 bits per heavy atom. The van der Waals surface area contributed by atoms with E-state index in [1.807, 2.05) is 20.8 Å². The topological polar surface area (TPSA) is 12.0 Å². The molecule has 1 nitrogen and oxygen atoms in total. The molecule has 0 aromatic carbocycles. The molecule has 0 radical (unpaired) electrons. The van der Waals surface area contributed by atoms with E-state index in [4.69, 9.17) is 0 Å². The molecule has 0 spiro atoms. The van der Waals surface area contributed by atoms with Crippen molar-refractivity contribution in [3.05, 3.63) is 11.4 Å². The van der Waals surface area contributed by atoms with Gasteiger partial charge in [0, 0.05) is 6.54 Å². The lowest BCUT2D eigenvalue weighted by Gasteiger charge is -2.11. The molecule has 0 atom stereocenters. The Kier molecular flexibility index (Phi) is 5.12. The van der Waals surface area contributed by atoms with Gasteiger partial charge in [-0.3, -0.25) is 0 Å². The Morgan fingerprint density at radius 2 is 2.00 bits per heavy atom. The summed E-state index contributed by atoms with van der Waals surface area (Å²) in [6.07, 6.45) is 0. The van der Waals surface area contributed by atoms with E-state index < -0.39 is 0 Å². The lowest BCUT2D eigenvalue weighted by atomic mass is 10.0. The van der Waals surface area contributed by atoms with E-state index in [1.165, 1.54) is 6.92 Å². The Labute approximate surface area is 68.7 Å². The fraction of sp³-hybridized carbons (Fsp3) is 0.778. The first-order valence-corrected chi connectivity index (χ1v) is 4.15. The summed E-state index contributed by atoms with van der Waals surface area (Å²) in [7, 11) is 0. The highest BCUT2D eigenvalue weighted by Gasteiger charge is 2.05. The fourth-order valence-corrected chi connectivity index (χ4v) is 0.983. The number of allylic oxidation sites excluding steroid dienone is 1. The molecule has 0 rings (SSSR count). The van der Waals surface area contributed by atoms with Gasteiger partial charge < -0.3 is 5.32 Å². The summed E-state index contributed by atoms with van der Waals surface area (Å²) < 4.78 is 12.8. The van der Waals surface area contributed by atoms with Crippen molar-refractivity contribution in [3.63, 3.8) is 0 Å². The first kappa shape index (κ1) is 10.6. The van der Waals surface area contributed by atoms with Crippen LogP contribution in [0.4, 0.5) is 4.39 Å². The SMILES string of the molecule is CCNC/C(=C(/C)F)C(C)C. The smallest absolute Gasteiger partial charge is 0.0976 e. The van der Waals surface area contributed by atoms with Crippen LogP contribution in [0.15, 0.2) is 11.4 Å². The number of halogens is 1. The van der Waals surface area contributed by atoms with E-state index in [0.29, 0.717) is 12.5 Å². The molecule has 0 aromatic rings. The van der Waals surface area contributed by atoms with Crippen molar-refractivity contribution in [1.29, 1.82) is 0 Å². The minimum absolute atomic E-state index is 0.0408. The number of hydrogen-bond donors (Lipinski definition) is 1. The maximum atomic E-state index is 12.8. The normalized spacial score (nSPS) is 13.6. The molecule has 0 saturated heterocycles. The Morgan fingerprint density at radius 1 is 1.45 bits per heavy atom. The van der Waals surface area contributed by atoms with Crippen LogP contribution in [0.25, 0.3) is 0 Å². The zero-order valence-corrected chi connectivity index (χ0v) is 7.87. The van der Waals surface area contributed by atoms with Crippen LogP contribution in [0.2, 0.25) is 0 Å². The molecule has 0 aliphatic carbocycles. The van der Waals surface area contributed by atoms with E-state index in [9.17, 15) is 4.39 Å². The highest BCUT2D eigenvalue weighted by molar-refractivity contribution is 5.10. The molecule has 0 aromatic heterocycles. The van der Waals surface area contributed by atoms with Crippen LogP contribution in [0.1, 0.15) is 27.7 Å². The van der Waals surface area contributed by atoms with Gasteiger partial charge in [0.15, 0.2) is 0 Å². The van der Waals surface area contributed by atoms with Crippen molar-refractivity contribution in [1.82, 2.24) is 5.32 Å². The molecular formula is C9H18FN. The van der Waals surface area contributed by atoms with Crippen molar-refractivity contribution in [3.8, 4) is 0 Å². The summed E-state index contributed by atoms with van der Waals surface area (Å²) in [5, 5.41) is 3.11. The summed E-state index contributed by atoms with van der Waals surface area (Å²) in [6.45, 7) is 9.13. The van der Waals surface area contributed by atoms with E-state index in [1.54, 1.807) is 0 Å².